The number of anilines is 1. The van der Waals surface area contributed by atoms with Crippen molar-refractivity contribution in [3.05, 3.63) is 29.3 Å². The van der Waals surface area contributed by atoms with Crippen molar-refractivity contribution in [1.29, 1.82) is 0 Å². The molecule has 168 valence electrons. The summed E-state index contributed by atoms with van der Waals surface area (Å²) >= 11 is 0. The Labute approximate surface area is 178 Å². The number of carbonyl (C=O) groups excluding carboxylic acids is 4. The van der Waals surface area contributed by atoms with Crippen LogP contribution in [0.15, 0.2) is 18.2 Å². The van der Waals surface area contributed by atoms with Gasteiger partial charge in [0.25, 0.3) is 0 Å². The Hall–Kier alpha value is -3.47. The number of benzene rings is 1. The van der Waals surface area contributed by atoms with Crippen molar-refractivity contribution in [2.24, 2.45) is 11.7 Å². The van der Waals surface area contributed by atoms with Crippen LogP contribution in [0, 0.1) is 5.92 Å². The molecule has 0 bridgehead atoms. The second-order valence-electron chi connectivity index (χ2n) is 7.10. The monoisotopic (exact) mass is 435 g/mol. The van der Waals surface area contributed by atoms with Crippen LogP contribution in [0.3, 0.4) is 0 Å². The first-order valence-electron chi connectivity index (χ1n) is 9.54. The van der Waals surface area contributed by atoms with Gasteiger partial charge in [-0.25, -0.2) is 9.59 Å². The number of hydrogen-bond donors (Lipinski definition) is 3. The third-order valence-electron chi connectivity index (χ3n) is 5.10. The number of rotatable bonds is 8. The number of carboxylic acids is 1. The summed E-state index contributed by atoms with van der Waals surface area (Å²) in [7, 11) is 2.34. The minimum Gasteiger partial charge on any atom is -0.480 e. The molecule has 11 nitrogen and oxygen atoms in total. The maximum Gasteiger partial charge on any atom is 0.337 e. The van der Waals surface area contributed by atoms with Crippen LogP contribution in [0.5, 0.6) is 0 Å². The second-order valence-corrected chi connectivity index (χ2v) is 7.10. The van der Waals surface area contributed by atoms with Crippen molar-refractivity contribution in [3.63, 3.8) is 0 Å². The Morgan fingerprint density at radius 1 is 1.06 bits per heavy atom. The molecular formula is C20H25N3O8. The number of likely N-dealkylation sites (tertiary alicyclic amines) is 1. The third-order valence-corrected chi connectivity index (χ3v) is 5.10. The van der Waals surface area contributed by atoms with Gasteiger partial charge >= 0.3 is 17.9 Å². The van der Waals surface area contributed by atoms with E-state index in [2.05, 4.69) is 14.8 Å². The molecule has 11 heteroatoms. The fraction of sp³-hybridized carbons (Fsp3) is 0.450. The molecule has 0 aromatic heterocycles. The fourth-order valence-corrected chi connectivity index (χ4v) is 3.43. The molecule has 0 aliphatic carbocycles. The van der Waals surface area contributed by atoms with Crippen LogP contribution < -0.4 is 11.1 Å². The summed E-state index contributed by atoms with van der Waals surface area (Å²) in [6.07, 6.45) is 0.474. The highest BCUT2D eigenvalue weighted by atomic mass is 16.5. The van der Waals surface area contributed by atoms with E-state index in [0.29, 0.717) is 25.9 Å². The van der Waals surface area contributed by atoms with E-state index in [1.165, 1.54) is 32.4 Å². The lowest BCUT2D eigenvalue weighted by molar-refractivity contribution is -0.146. The minimum atomic E-state index is -1.17. The lowest BCUT2D eigenvalue weighted by Crippen LogP contribution is -2.48. The molecule has 1 fully saturated rings. The molecule has 0 saturated carbocycles. The first-order chi connectivity index (χ1) is 14.7. The Bertz CT molecular complexity index is 843. The summed E-state index contributed by atoms with van der Waals surface area (Å²) in [5.41, 5.74) is 5.45. The Kier molecular flexibility index (Phi) is 8.08. The number of carboxylic acid groups (broad SMARTS) is 1. The number of nitrogens with one attached hydrogen (secondary N) is 1. The molecule has 1 atom stereocenters. The fourth-order valence-electron chi connectivity index (χ4n) is 3.43. The van der Waals surface area contributed by atoms with Crippen LogP contribution >= 0.6 is 0 Å². The zero-order chi connectivity index (χ0) is 23.1. The van der Waals surface area contributed by atoms with Crippen molar-refractivity contribution in [1.82, 2.24) is 4.90 Å². The molecule has 31 heavy (non-hydrogen) atoms. The Morgan fingerprint density at radius 3 is 2.00 bits per heavy atom. The molecule has 0 radical (unpaired) electrons. The first kappa shape index (κ1) is 23.8. The molecule has 2 amide bonds. The average Bonchev–Trinajstić information content (AvgIpc) is 2.75. The van der Waals surface area contributed by atoms with E-state index in [9.17, 15) is 29.1 Å². The molecule has 1 aliphatic heterocycles. The maximum atomic E-state index is 12.5. The highest BCUT2D eigenvalue weighted by molar-refractivity contribution is 6.00. The van der Waals surface area contributed by atoms with Crippen LogP contribution in [0.2, 0.25) is 0 Å². The van der Waals surface area contributed by atoms with E-state index < -0.39 is 35.8 Å². The average molecular weight is 435 g/mol. The predicted molar refractivity (Wildman–Crippen MR) is 107 cm³/mol. The molecule has 4 N–H and O–H groups in total. The van der Waals surface area contributed by atoms with Gasteiger partial charge in [0.15, 0.2) is 0 Å². The molecule has 1 heterocycles. The summed E-state index contributed by atoms with van der Waals surface area (Å²) in [6, 6.07) is 2.78. The Balaban J connectivity index is 2.14. The summed E-state index contributed by atoms with van der Waals surface area (Å²) in [4.78, 5) is 60.9. The van der Waals surface area contributed by atoms with Gasteiger partial charge in [-0.2, -0.15) is 0 Å². The topological polar surface area (TPSA) is 165 Å². The van der Waals surface area contributed by atoms with Gasteiger partial charge in [0.05, 0.1) is 31.8 Å². The van der Waals surface area contributed by atoms with Crippen LogP contribution in [0.4, 0.5) is 5.69 Å². The number of aliphatic carboxylic acids is 1. The van der Waals surface area contributed by atoms with E-state index in [0.717, 1.165) is 0 Å². The zero-order valence-corrected chi connectivity index (χ0v) is 17.3. The standard InChI is InChI=1S/C20H25N3O8/c1-30-19(28)12-7-13(20(29)31-2)9-14(8-12)22-16(24)10-15(18(26)27)23-5-3-11(4-6-23)17(21)25/h7-9,11,15H,3-6,10H2,1-2H3,(H2,21,25)(H,22,24)(H,26,27)/t15-/m0/s1. The van der Waals surface area contributed by atoms with Crippen LogP contribution in [0.1, 0.15) is 40.0 Å². The number of nitrogens with zero attached hydrogens (tertiary/aromatic N) is 1. The van der Waals surface area contributed by atoms with Crippen LogP contribution in [-0.4, -0.2) is 73.1 Å². The molecule has 0 unspecified atom stereocenters. The SMILES string of the molecule is COC(=O)c1cc(NC(=O)C[C@@H](C(=O)O)N2CCC(C(N)=O)CC2)cc(C(=O)OC)c1. The van der Waals surface area contributed by atoms with E-state index in [1.807, 2.05) is 0 Å². The summed E-state index contributed by atoms with van der Waals surface area (Å²) in [5.74, 6) is -3.97. The van der Waals surface area contributed by atoms with Crippen molar-refractivity contribution in [2.75, 3.05) is 32.6 Å². The van der Waals surface area contributed by atoms with Crippen molar-refractivity contribution in [2.45, 2.75) is 25.3 Å². The Morgan fingerprint density at radius 2 is 1.58 bits per heavy atom. The predicted octanol–water partition coefficient (Wildman–Crippen LogP) is 0.239. The van der Waals surface area contributed by atoms with Crippen LogP contribution in [0.25, 0.3) is 0 Å². The number of esters is 2. The first-order valence-corrected chi connectivity index (χ1v) is 9.54. The molecule has 1 aliphatic rings. The molecule has 1 aromatic carbocycles. The largest absolute Gasteiger partial charge is 0.480 e. The summed E-state index contributed by atoms with van der Waals surface area (Å²) in [5, 5.41) is 12.1. The number of carbonyl (C=O) groups is 5. The summed E-state index contributed by atoms with van der Waals surface area (Å²) in [6.45, 7) is 0.643. The van der Waals surface area contributed by atoms with Crippen molar-refractivity contribution >= 4 is 35.4 Å². The lowest BCUT2D eigenvalue weighted by Gasteiger charge is -2.34. The molecule has 2 rings (SSSR count). The number of methoxy groups -OCH3 is 2. The highest BCUT2D eigenvalue weighted by Crippen LogP contribution is 2.21. The van der Waals surface area contributed by atoms with Gasteiger partial charge in [-0.1, -0.05) is 0 Å². The third kappa shape index (κ3) is 6.25. The zero-order valence-electron chi connectivity index (χ0n) is 17.3. The van der Waals surface area contributed by atoms with E-state index in [4.69, 9.17) is 5.73 Å². The van der Waals surface area contributed by atoms with Gasteiger partial charge in [0, 0.05) is 11.6 Å². The van der Waals surface area contributed by atoms with Gasteiger partial charge in [-0.15, -0.1) is 0 Å². The van der Waals surface area contributed by atoms with E-state index >= 15 is 0 Å². The van der Waals surface area contributed by atoms with Gasteiger partial charge in [0.2, 0.25) is 11.8 Å². The number of piperidine rings is 1. The van der Waals surface area contributed by atoms with Gasteiger partial charge < -0.3 is 25.6 Å². The van der Waals surface area contributed by atoms with E-state index in [1.54, 1.807) is 4.90 Å². The maximum absolute atomic E-state index is 12.5. The number of primary amides is 1. The normalized spacial score (nSPS) is 15.5. The minimum absolute atomic E-state index is 0.0176. The number of ether oxygens (including phenoxy) is 2. The van der Waals surface area contributed by atoms with Crippen LogP contribution in [-0.2, 0) is 23.9 Å². The molecule has 1 aromatic rings. The van der Waals surface area contributed by atoms with Crippen molar-refractivity contribution < 1.29 is 38.6 Å². The quantitative estimate of drug-likeness (QED) is 0.485. The molecule has 1 saturated heterocycles. The number of amides is 2. The smallest absolute Gasteiger partial charge is 0.337 e. The molecular weight excluding hydrogens is 410 g/mol. The second kappa shape index (κ2) is 10.5. The number of hydrogen-bond acceptors (Lipinski definition) is 8. The summed E-state index contributed by atoms with van der Waals surface area (Å²) < 4.78 is 9.29. The van der Waals surface area contributed by atoms with Gasteiger partial charge in [-0.05, 0) is 44.1 Å². The number of nitrogens with two attached hydrogens (primary N) is 1. The highest BCUT2D eigenvalue weighted by Gasteiger charge is 2.33. The lowest BCUT2D eigenvalue weighted by atomic mass is 9.94. The van der Waals surface area contributed by atoms with Gasteiger partial charge in [0.1, 0.15) is 6.04 Å². The van der Waals surface area contributed by atoms with E-state index in [-0.39, 0.29) is 29.2 Å². The van der Waals surface area contributed by atoms with Gasteiger partial charge in [-0.3, -0.25) is 19.3 Å². The molecule has 0 spiro atoms. The van der Waals surface area contributed by atoms with Crippen molar-refractivity contribution in [3.8, 4) is 0 Å².